The van der Waals surface area contributed by atoms with E-state index in [4.69, 9.17) is 4.74 Å². The first kappa shape index (κ1) is 12.8. The van der Waals surface area contributed by atoms with Gasteiger partial charge in [-0.05, 0) is 25.7 Å². The monoisotopic (exact) mass is 262 g/mol. The van der Waals surface area contributed by atoms with Crippen molar-refractivity contribution in [2.24, 2.45) is 0 Å². The highest BCUT2D eigenvalue weighted by Gasteiger charge is 2.20. The van der Waals surface area contributed by atoms with Crippen LogP contribution in [0.5, 0.6) is 0 Å². The van der Waals surface area contributed by atoms with E-state index < -0.39 is 0 Å². The van der Waals surface area contributed by atoms with E-state index in [0.717, 1.165) is 43.7 Å². The summed E-state index contributed by atoms with van der Waals surface area (Å²) in [6, 6.07) is 0.724. The van der Waals surface area contributed by atoms with Crippen molar-refractivity contribution in [3.63, 3.8) is 0 Å². The lowest BCUT2D eigenvalue weighted by molar-refractivity contribution is 0.116. The fraction of sp³-hybridized carbons (Fsp3) is 0.714. The van der Waals surface area contributed by atoms with Crippen molar-refractivity contribution in [3.05, 3.63) is 18.0 Å². The lowest BCUT2D eigenvalue weighted by Crippen LogP contribution is -2.30. The third-order valence-electron chi connectivity index (χ3n) is 3.71. The quantitative estimate of drug-likeness (QED) is 0.838. The first-order valence-electron chi connectivity index (χ1n) is 7.18. The van der Waals surface area contributed by atoms with E-state index in [1.165, 1.54) is 19.3 Å². The van der Waals surface area contributed by atoms with Gasteiger partial charge in [-0.3, -0.25) is 0 Å². The Morgan fingerprint density at radius 1 is 1.32 bits per heavy atom. The minimum absolute atomic E-state index is 0.338. The summed E-state index contributed by atoms with van der Waals surface area (Å²) in [5, 5.41) is 3.47. The van der Waals surface area contributed by atoms with Crippen molar-refractivity contribution < 1.29 is 4.74 Å². The number of likely N-dealkylation sites (N-methyl/N-ethyl adjacent to an activating group) is 1. The van der Waals surface area contributed by atoms with Crippen molar-refractivity contribution in [1.82, 2.24) is 15.3 Å². The van der Waals surface area contributed by atoms with Crippen molar-refractivity contribution in [2.45, 2.75) is 44.4 Å². The van der Waals surface area contributed by atoms with Crippen LogP contribution in [0.4, 0.5) is 5.95 Å². The largest absolute Gasteiger partial charge is 0.376 e. The van der Waals surface area contributed by atoms with Gasteiger partial charge in [0.15, 0.2) is 0 Å². The number of ether oxygens (including phenoxy) is 1. The molecule has 104 valence electrons. The molecule has 5 heteroatoms. The molecule has 1 unspecified atom stereocenters. The Balaban J connectivity index is 1.51. The zero-order valence-electron chi connectivity index (χ0n) is 11.5. The molecule has 2 fully saturated rings. The lowest BCUT2D eigenvalue weighted by atomic mass is 10.2. The molecule has 1 aliphatic heterocycles. The molecular formula is C14H22N4O. The normalized spacial score (nSPS) is 22.7. The molecule has 3 rings (SSSR count). The summed E-state index contributed by atoms with van der Waals surface area (Å²) in [4.78, 5) is 11.0. The first-order chi connectivity index (χ1) is 9.31. The molecule has 5 nitrogen and oxygen atoms in total. The van der Waals surface area contributed by atoms with Crippen LogP contribution in [-0.4, -0.2) is 42.3 Å². The first-order valence-corrected chi connectivity index (χ1v) is 7.18. The van der Waals surface area contributed by atoms with Gasteiger partial charge in [-0.2, -0.15) is 0 Å². The summed E-state index contributed by atoms with van der Waals surface area (Å²) < 4.78 is 5.63. The molecule has 0 spiro atoms. The van der Waals surface area contributed by atoms with Crippen LogP contribution in [0.25, 0.3) is 0 Å². The Labute approximate surface area is 114 Å². The number of rotatable bonds is 6. The van der Waals surface area contributed by atoms with Gasteiger partial charge in [0.1, 0.15) is 0 Å². The number of hydrogen-bond donors (Lipinski definition) is 1. The smallest absolute Gasteiger partial charge is 0.225 e. The standard InChI is InChI=1S/C14H22N4O/c1-18(10-13-3-2-6-19-13)14-16-8-11(9-17-14)7-15-12-4-5-12/h8-9,12-13,15H,2-7,10H2,1H3. The Morgan fingerprint density at radius 3 is 2.74 bits per heavy atom. The van der Waals surface area contributed by atoms with Gasteiger partial charge in [-0.1, -0.05) is 0 Å². The zero-order chi connectivity index (χ0) is 13.1. The maximum atomic E-state index is 5.63. The maximum absolute atomic E-state index is 5.63. The van der Waals surface area contributed by atoms with Gasteiger partial charge in [0.25, 0.3) is 0 Å². The number of nitrogens with zero attached hydrogens (tertiary/aromatic N) is 3. The SMILES string of the molecule is CN(CC1CCCO1)c1ncc(CNC2CC2)cn1. The highest BCUT2D eigenvalue weighted by molar-refractivity contribution is 5.28. The van der Waals surface area contributed by atoms with Crippen molar-refractivity contribution in [3.8, 4) is 0 Å². The van der Waals surface area contributed by atoms with Crippen molar-refractivity contribution in [1.29, 1.82) is 0 Å². The molecule has 1 aromatic rings. The highest BCUT2D eigenvalue weighted by Crippen LogP contribution is 2.19. The highest BCUT2D eigenvalue weighted by atomic mass is 16.5. The molecule has 1 aromatic heterocycles. The Morgan fingerprint density at radius 2 is 2.11 bits per heavy atom. The van der Waals surface area contributed by atoms with E-state index in [-0.39, 0.29) is 0 Å². The second-order valence-electron chi connectivity index (χ2n) is 5.56. The maximum Gasteiger partial charge on any atom is 0.225 e. The van der Waals surface area contributed by atoms with Crippen molar-refractivity contribution >= 4 is 5.95 Å². The topological polar surface area (TPSA) is 50.3 Å². The summed E-state index contributed by atoms with van der Waals surface area (Å²) in [6.45, 7) is 2.64. The van der Waals surface area contributed by atoms with Crippen LogP contribution < -0.4 is 10.2 Å². The van der Waals surface area contributed by atoms with E-state index in [9.17, 15) is 0 Å². The molecule has 0 bridgehead atoms. The second-order valence-corrected chi connectivity index (χ2v) is 5.56. The molecule has 2 heterocycles. The van der Waals surface area contributed by atoms with E-state index in [0.29, 0.717) is 6.10 Å². The fourth-order valence-electron chi connectivity index (χ4n) is 2.36. The van der Waals surface area contributed by atoms with Gasteiger partial charge < -0.3 is 15.0 Å². The number of nitrogens with one attached hydrogen (secondary N) is 1. The fourth-order valence-corrected chi connectivity index (χ4v) is 2.36. The molecule has 1 aliphatic carbocycles. The van der Waals surface area contributed by atoms with Crippen LogP contribution in [0, 0.1) is 0 Å². The van der Waals surface area contributed by atoms with Crippen LogP contribution in [0.3, 0.4) is 0 Å². The minimum atomic E-state index is 0.338. The van der Waals surface area contributed by atoms with Crippen LogP contribution in [0.15, 0.2) is 12.4 Å². The molecule has 0 radical (unpaired) electrons. The lowest BCUT2D eigenvalue weighted by Gasteiger charge is -2.20. The third kappa shape index (κ3) is 3.64. The summed E-state index contributed by atoms with van der Waals surface area (Å²) in [6.07, 6.45) is 9.11. The van der Waals surface area contributed by atoms with Gasteiger partial charge in [0.2, 0.25) is 5.95 Å². The molecular weight excluding hydrogens is 240 g/mol. The summed E-state index contributed by atoms with van der Waals surface area (Å²) in [7, 11) is 2.03. The molecule has 19 heavy (non-hydrogen) atoms. The van der Waals surface area contributed by atoms with Crippen molar-refractivity contribution in [2.75, 3.05) is 25.1 Å². The van der Waals surface area contributed by atoms with Gasteiger partial charge >= 0.3 is 0 Å². The molecule has 2 aliphatic rings. The van der Waals surface area contributed by atoms with Gasteiger partial charge in [-0.15, -0.1) is 0 Å². The molecule has 1 N–H and O–H groups in total. The predicted octanol–water partition coefficient (Wildman–Crippen LogP) is 1.34. The van der Waals surface area contributed by atoms with E-state index in [2.05, 4.69) is 20.2 Å². The van der Waals surface area contributed by atoms with E-state index in [1.807, 2.05) is 19.4 Å². The predicted molar refractivity (Wildman–Crippen MR) is 74.1 cm³/mol. The van der Waals surface area contributed by atoms with Crippen LogP contribution >= 0.6 is 0 Å². The Kier molecular flexibility index (Phi) is 3.94. The minimum Gasteiger partial charge on any atom is -0.376 e. The van der Waals surface area contributed by atoms with Gasteiger partial charge in [0.05, 0.1) is 6.10 Å². The molecule has 1 atom stereocenters. The van der Waals surface area contributed by atoms with Crippen LogP contribution in [0.2, 0.25) is 0 Å². The second kappa shape index (κ2) is 5.84. The molecule has 1 saturated heterocycles. The molecule has 1 saturated carbocycles. The average Bonchev–Trinajstić information content (AvgIpc) is 3.13. The summed E-state index contributed by atoms with van der Waals surface area (Å²) in [5.41, 5.74) is 1.15. The van der Waals surface area contributed by atoms with Crippen LogP contribution in [0.1, 0.15) is 31.2 Å². The summed E-state index contributed by atoms with van der Waals surface area (Å²) >= 11 is 0. The van der Waals surface area contributed by atoms with Gasteiger partial charge in [-0.25, -0.2) is 9.97 Å². The number of aromatic nitrogens is 2. The zero-order valence-corrected chi connectivity index (χ0v) is 11.5. The average molecular weight is 262 g/mol. The number of hydrogen-bond acceptors (Lipinski definition) is 5. The van der Waals surface area contributed by atoms with E-state index >= 15 is 0 Å². The summed E-state index contributed by atoms with van der Waals surface area (Å²) in [5.74, 6) is 0.783. The molecule has 0 amide bonds. The van der Waals surface area contributed by atoms with E-state index in [1.54, 1.807) is 0 Å². The molecule has 0 aromatic carbocycles. The Hall–Kier alpha value is -1.20. The van der Waals surface area contributed by atoms with Gasteiger partial charge in [0, 0.05) is 50.7 Å². The van der Waals surface area contributed by atoms with Crippen LogP contribution in [-0.2, 0) is 11.3 Å². The number of anilines is 1. The Bertz CT molecular complexity index is 398. The third-order valence-corrected chi connectivity index (χ3v) is 3.71.